The fourth-order valence-electron chi connectivity index (χ4n) is 4.80. The maximum Gasteiger partial charge on any atom is 0.0206 e. The van der Waals surface area contributed by atoms with Crippen LogP contribution in [0.3, 0.4) is 0 Å². The van der Waals surface area contributed by atoms with Crippen LogP contribution < -0.4 is 11.1 Å². The Balaban J connectivity index is 1.54. The average molecular weight is 286 g/mol. The van der Waals surface area contributed by atoms with Crippen LogP contribution in [0.4, 0.5) is 0 Å². The number of nitrogens with two attached hydrogens (primary N) is 1. The fourth-order valence-corrected chi connectivity index (χ4v) is 4.80. The SMILES string of the molecule is CC1(C)[C@@H]2CC[C@@]1(C)[C@H](NC[C@H](N)Cc1ccccc1)C2. The highest BCUT2D eigenvalue weighted by Gasteiger charge is 2.60. The number of hydrogen-bond donors (Lipinski definition) is 2. The topological polar surface area (TPSA) is 38.0 Å². The van der Waals surface area contributed by atoms with E-state index in [-0.39, 0.29) is 6.04 Å². The summed E-state index contributed by atoms with van der Waals surface area (Å²) in [5.74, 6) is 0.894. The van der Waals surface area contributed by atoms with Crippen LogP contribution in [0.2, 0.25) is 0 Å². The van der Waals surface area contributed by atoms with Gasteiger partial charge in [0.1, 0.15) is 0 Å². The zero-order chi connectivity index (χ0) is 15.1. The van der Waals surface area contributed by atoms with Gasteiger partial charge >= 0.3 is 0 Å². The Hall–Kier alpha value is -0.860. The Bertz CT molecular complexity index is 482. The maximum atomic E-state index is 6.33. The van der Waals surface area contributed by atoms with E-state index in [0.717, 1.165) is 18.9 Å². The molecule has 2 aliphatic carbocycles. The van der Waals surface area contributed by atoms with Crippen molar-refractivity contribution in [1.82, 2.24) is 5.32 Å². The second-order valence-electron chi connectivity index (χ2n) is 8.02. The molecule has 4 atom stereocenters. The molecule has 0 saturated heterocycles. The Kier molecular flexibility index (Phi) is 3.87. The van der Waals surface area contributed by atoms with Gasteiger partial charge in [0, 0.05) is 18.6 Å². The summed E-state index contributed by atoms with van der Waals surface area (Å²) >= 11 is 0. The Morgan fingerprint density at radius 2 is 1.95 bits per heavy atom. The number of rotatable bonds is 5. The van der Waals surface area contributed by atoms with Crippen LogP contribution in [0.1, 0.15) is 45.6 Å². The lowest BCUT2D eigenvalue weighted by atomic mass is 9.69. The van der Waals surface area contributed by atoms with Crippen molar-refractivity contribution in [2.75, 3.05) is 6.54 Å². The van der Waals surface area contributed by atoms with Crippen molar-refractivity contribution in [1.29, 1.82) is 0 Å². The first-order chi connectivity index (χ1) is 9.93. The van der Waals surface area contributed by atoms with Gasteiger partial charge < -0.3 is 11.1 Å². The molecule has 0 aliphatic heterocycles. The van der Waals surface area contributed by atoms with Gasteiger partial charge in [-0.3, -0.25) is 0 Å². The first-order valence-corrected chi connectivity index (χ1v) is 8.46. The van der Waals surface area contributed by atoms with Crippen molar-refractivity contribution in [2.45, 2.75) is 58.5 Å². The largest absolute Gasteiger partial charge is 0.326 e. The minimum atomic E-state index is 0.207. The van der Waals surface area contributed by atoms with E-state index in [1.54, 1.807) is 0 Å². The number of nitrogens with one attached hydrogen (secondary N) is 1. The molecule has 3 rings (SSSR count). The maximum absolute atomic E-state index is 6.33. The molecular formula is C19H30N2. The van der Waals surface area contributed by atoms with Gasteiger partial charge in [-0.2, -0.15) is 0 Å². The van der Waals surface area contributed by atoms with Crippen molar-refractivity contribution < 1.29 is 0 Å². The minimum Gasteiger partial charge on any atom is -0.326 e. The third kappa shape index (κ3) is 2.53. The summed E-state index contributed by atoms with van der Waals surface area (Å²) in [5, 5.41) is 3.80. The zero-order valence-corrected chi connectivity index (χ0v) is 13.7. The summed E-state index contributed by atoms with van der Waals surface area (Å²) in [6.07, 6.45) is 5.08. The molecule has 2 aliphatic rings. The molecule has 21 heavy (non-hydrogen) atoms. The highest BCUT2D eigenvalue weighted by molar-refractivity contribution is 5.16. The molecule has 1 aromatic rings. The van der Waals surface area contributed by atoms with Gasteiger partial charge in [0.05, 0.1) is 0 Å². The smallest absolute Gasteiger partial charge is 0.0206 e. The predicted octanol–water partition coefficient (Wildman–Crippen LogP) is 3.36. The third-order valence-corrected chi connectivity index (χ3v) is 6.76. The van der Waals surface area contributed by atoms with E-state index in [1.165, 1.54) is 24.8 Å². The fraction of sp³-hybridized carbons (Fsp3) is 0.684. The van der Waals surface area contributed by atoms with Gasteiger partial charge in [-0.1, -0.05) is 51.1 Å². The Morgan fingerprint density at radius 3 is 2.52 bits per heavy atom. The normalized spacial score (nSPS) is 35.0. The van der Waals surface area contributed by atoms with Crippen molar-refractivity contribution in [3.63, 3.8) is 0 Å². The monoisotopic (exact) mass is 286 g/mol. The second-order valence-corrected chi connectivity index (χ2v) is 8.02. The third-order valence-electron chi connectivity index (χ3n) is 6.76. The van der Waals surface area contributed by atoms with Crippen LogP contribution in [0.25, 0.3) is 0 Å². The van der Waals surface area contributed by atoms with E-state index in [0.29, 0.717) is 16.9 Å². The first kappa shape index (κ1) is 15.1. The van der Waals surface area contributed by atoms with E-state index in [1.807, 2.05) is 0 Å². The molecule has 0 amide bonds. The van der Waals surface area contributed by atoms with Gasteiger partial charge in [0.2, 0.25) is 0 Å². The van der Waals surface area contributed by atoms with Crippen molar-refractivity contribution in [3.05, 3.63) is 35.9 Å². The highest BCUT2D eigenvalue weighted by Crippen LogP contribution is 2.65. The summed E-state index contributed by atoms with van der Waals surface area (Å²) in [7, 11) is 0. The molecule has 0 aromatic heterocycles. The van der Waals surface area contributed by atoms with Gasteiger partial charge in [0.15, 0.2) is 0 Å². The van der Waals surface area contributed by atoms with Crippen LogP contribution in [0, 0.1) is 16.7 Å². The van der Waals surface area contributed by atoms with E-state index in [4.69, 9.17) is 5.73 Å². The van der Waals surface area contributed by atoms with Crippen LogP contribution >= 0.6 is 0 Å². The quantitative estimate of drug-likeness (QED) is 0.871. The summed E-state index contributed by atoms with van der Waals surface area (Å²) in [6, 6.07) is 11.4. The number of fused-ring (bicyclic) bond motifs is 2. The molecule has 116 valence electrons. The van der Waals surface area contributed by atoms with Crippen LogP contribution in [0.5, 0.6) is 0 Å². The molecule has 2 saturated carbocycles. The van der Waals surface area contributed by atoms with Gasteiger partial charge in [0.25, 0.3) is 0 Å². The van der Waals surface area contributed by atoms with Crippen LogP contribution in [-0.4, -0.2) is 18.6 Å². The van der Waals surface area contributed by atoms with Gasteiger partial charge in [-0.05, 0) is 48.0 Å². The van der Waals surface area contributed by atoms with Crippen LogP contribution in [-0.2, 0) is 6.42 Å². The van der Waals surface area contributed by atoms with E-state index < -0.39 is 0 Å². The van der Waals surface area contributed by atoms with Crippen molar-refractivity contribution in [2.24, 2.45) is 22.5 Å². The van der Waals surface area contributed by atoms with Crippen molar-refractivity contribution in [3.8, 4) is 0 Å². The number of benzene rings is 1. The molecule has 2 nitrogen and oxygen atoms in total. The molecule has 0 radical (unpaired) electrons. The average Bonchev–Trinajstić information content (AvgIpc) is 2.79. The second kappa shape index (κ2) is 5.40. The Labute approximate surface area is 129 Å². The molecular weight excluding hydrogens is 256 g/mol. The highest BCUT2D eigenvalue weighted by atomic mass is 15.0. The van der Waals surface area contributed by atoms with Crippen molar-refractivity contribution >= 4 is 0 Å². The lowest BCUT2D eigenvalue weighted by Gasteiger charge is -2.40. The zero-order valence-electron chi connectivity index (χ0n) is 13.7. The van der Waals surface area contributed by atoms with Crippen LogP contribution in [0.15, 0.2) is 30.3 Å². The molecule has 2 fully saturated rings. The lowest BCUT2D eigenvalue weighted by Crippen LogP contribution is -2.48. The standard InChI is InChI=1S/C19H30N2/c1-18(2)15-9-10-19(18,3)17(12-15)21-13-16(20)11-14-7-5-4-6-8-14/h4-8,15-17,21H,9-13,20H2,1-3H3/t15-,16-,17-,19+/m1/s1. The molecule has 1 aromatic carbocycles. The predicted molar refractivity (Wildman–Crippen MR) is 89.1 cm³/mol. The molecule has 3 N–H and O–H groups in total. The van der Waals surface area contributed by atoms with Gasteiger partial charge in [-0.15, -0.1) is 0 Å². The minimum absolute atomic E-state index is 0.207. The lowest BCUT2D eigenvalue weighted by molar-refractivity contribution is 0.120. The van der Waals surface area contributed by atoms with E-state index in [2.05, 4.69) is 56.4 Å². The molecule has 0 unspecified atom stereocenters. The first-order valence-electron chi connectivity index (χ1n) is 8.46. The molecule has 2 heteroatoms. The molecule has 2 bridgehead atoms. The summed E-state index contributed by atoms with van der Waals surface area (Å²) in [4.78, 5) is 0. The van der Waals surface area contributed by atoms with Gasteiger partial charge in [-0.25, -0.2) is 0 Å². The number of hydrogen-bond acceptors (Lipinski definition) is 2. The van der Waals surface area contributed by atoms with E-state index >= 15 is 0 Å². The summed E-state index contributed by atoms with van der Waals surface area (Å²) in [5.41, 5.74) is 8.60. The summed E-state index contributed by atoms with van der Waals surface area (Å²) in [6.45, 7) is 8.35. The van der Waals surface area contributed by atoms with E-state index in [9.17, 15) is 0 Å². The summed E-state index contributed by atoms with van der Waals surface area (Å²) < 4.78 is 0. The molecule has 0 heterocycles. The molecule has 0 spiro atoms. The Morgan fingerprint density at radius 1 is 1.24 bits per heavy atom.